The zero-order chi connectivity index (χ0) is 14.0. The van der Waals surface area contributed by atoms with E-state index in [9.17, 15) is 12.8 Å². The van der Waals surface area contributed by atoms with Crippen molar-refractivity contribution in [3.8, 4) is 0 Å². The Bertz CT molecular complexity index is 718. The van der Waals surface area contributed by atoms with Gasteiger partial charge in [-0.05, 0) is 24.6 Å². The SMILES string of the molecule is Cc1cc(NS(=O)(=O)c2cncc(F)c2)ncc1N. The summed E-state index contributed by atoms with van der Waals surface area (Å²) in [5, 5.41) is 0. The van der Waals surface area contributed by atoms with Gasteiger partial charge in [0.25, 0.3) is 10.0 Å². The van der Waals surface area contributed by atoms with Gasteiger partial charge in [-0.15, -0.1) is 0 Å². The van der Waals surface area contributed by atoms with Crippen molar-refractivity contribution < 1.29 is 12.8 Å². The lowest BCUT2D eigenvalue weighted by molar-refractivity contribution is 0.592. The normalized spacial score (nSPS) is 11.3. The highest BCUT2D eigenvalue weighted by Gasteiger charge is 2.16. The van der Waals surface area contributed by atoms with Crippen LogP contribution in [0.1, 0.15) is 5.56 Å². The Kier molecular flexibility index (Phi) is 3.34. The largest absolute Gasteiger partial charge is 0.397 e. The predicted octanol–water partition coefficient (Wildman–Crippen LogP) is 1.31. The summed E-state index contributed by atoms with van der Waals surface area (Å²) in [6.07, 6.45) is 3.32. The standard InChI is InChI=1S/C11H11FN4O2S/c1-7-2-11(15-6-10(7)13)16-19(17,18)9-3-8(12)4-14-5-9/h2-6H,13H2,1H3,(H,15,16). The number of anilines is 2. The average Bonchev–Trinajstić information content (AvgIpc) is 2.33. The molecule has 6 nitrogen and oxygen atoms in total. The zero-order valence-electron chi connectivity index (χ0n) is 9.96. The maximum Gasteiger partial charge on any atom is 0.264 e. The Balaban J connectivity index is 2.33. The van der Waals surface area contributed by atoms with E-state index in [2.05, 4.69) is 14.7 Å². The summed E-state index contributed by atoms with van der Waals surface area (Å²) in [7, 11) is -3.92. The van der Waals surface area contributed by atoms with Gasteiger partial charge in [0.15, 0.2) is 0 Å². The molecule has 0 amide bonds. The summed E-state index contributed by atoms with van der Waals surface area (Å²) in [6, 6.07) is 2.36. The zero-order valence-corrected chi connectivity index (χ0v) is 10.8. The molecule has 19 heavy (non-hydrogen) atoms. The number of nitrogens with zero attached hydrogens (tertiary/aromatic N) is 2. The van der Waals surface area contributed by atoms with Crippen LogP contribution in [0.3, 0.4) is 0 Å². The van der Waals surface area contributed by atoms with Gasteiger partial charge in [0.1, 0.15) is 16.5 Å². The summed E-state index contributed by atoms with van der Waals surface area (Å²) >= 11 is 0. The van der Waals surface area contributed by atoms with Crippen LogP contribution in [0.15, 0.2) is 35.6 Å². The Labute approximate surface area is 109 Å². The Morgan fingerprint density at radius 1 is 1.26 bits per heavy atom. The molecule has 2 rings (SSSR count). The first-order valence-electron chi connectivity index (χ1n) is 5.24. The Morgan fingerprint density at radius 2 is 2.00 bits per heavy atom. The van der Waals surface area contributed by atoms with Crippen LogP contribution in [0.25, 0.3) is 0 Å². The third-order valence-electron chi connectivity index (χ3n) is 2.38. The molecule has 0 aliphatic carbocycles. The molecular weight excluding hydrogens is 271 g/mol. The highest BCUT2D eigenvalue weighted by Crippen LogP contribution is 2.17. The molecule has 100 valence electrons. The fourth-order valence-corrected chi connectivity index (χ4v) is 2.33. The molecule has 8 heteroatoms. The molecule has 0 fully saturated rings. The molecule has 0 aliphatic rings. The van der Waals surface area contributed by atoms with Gasteiger partial charge in [0.05, 0.1) is 18.1 Å². The monoisotopic (exact) mass is 282 g/mol. The summed E-state index contributed by atoms with van der Waals surface area (Å²) in [6.45, 7) is 1.72. The quantitative estimate of drug-likeness (QED) is 0.884. The summed E-state index contributed by atoms with van der Waals surface area (Å²) in [4.78, 5) is 7.06. The summed E-state index contributed by atoms with van der Waals surface area (Å²) in [5.41, 5.74) is 6.72. The third kappa shape index (κ3) is 2.97. The number of halogens is 1. The number of nitrogens with one attached hydrogen (secondary N) is 1. The first-order chi connectivity index (χ1) is 8.88. The minimum atomic E-state index is -3.92. The molecule has 0 bridgehead atoms. The van der Waals surface area contributed by atoms with E-state index in [0.717, 1.165) is 18.5 Å². The number of hydrogen-bond acceptors (Lipinski definition) is 5. The van der Waals surface area contributed by atoms with Crippen LogP contribution in [-0.4, -0.2) is 18.4 Å². The fraction of sp³-hybridized carbons (Fsp3) is 0.0909. The molecule has 0 unspecified atom stereocenters. The van der Waals surface area contributed by atoms with Gasteiger partial charge >= 0.3 is 0 Å². The predicted molar refractivity (Wildman–Crippen MR) is 68.4 cm³/mol. The second-order valence-electron chi connectivity index (χ2n) is 3.87. The van der Waals surface area contributed by atoms with Gasteiger partial charge in [0.2, 0.25) is 0 Å². The number of hydrogen-bond donors (Lipinski definition) is 2. The Morgan fingerprint density at radius 3 is 2.63 bits per heavy atom. The smallest absolute Gasteiger partial charge is 0.264 e. The average molecular weight is 282 g/mol. The highest BCUT2D eigenvalue weighted by atomic mass is 32.2. The highest BCUT2D eigenvalue weighted by molar-refractivity contribution is 7.92. The van der Waals surface area contributed by atoms with Crippen LogP contribution in [0.4, 0.5) is 15.9 Å². The van der Waals surface area contributed by atoms with Crippen molar-refractivity contribution in [2.45, 2.75) is 11.8 Å². The number of nitrogens with two attached hydrogens (primary N) is 1. The first kappa shape index (κ1) is 13.2. The third-order valence-corrected chi connectivity index (χ3v) is 3.70. The molecule has 2 aromatic heterocycles. The van der Waals surface area contributed by atoms with Crippen molar-refractivity contribution in [3.63, 3.8) is 0 Å². The van der Waals surface area contributed by atoms with E-state index < -0.39 is 15.8 Å². The maximum atomic E-state index is 13.0. The van der Waals surface area contributed by atoms with Crippen LogP contribution >= 0.6 is 0 Å². The van der Waals surface area contributed by atoms with Crippen LogP contribution in [-0.2, 0) is 10.0 Å². The molecular formula is C11H11FN4O2S. The van der Waals surface area contributed by atoms with Gasteiger partial charge < -0.3 is 5.73 Å². The molecule has 2 heterocycles. The van der Waals surface area contributed by atoms with E-state index in [0.29, 0.717) is 11.3 Å². The number of aryl methyl sites for hydroxylation is 1. The molecule has 0 saturated carbocycles. The topological polar surface area (TPSA) is 98.0 Å². The molecule has 0 spiro atoms. The maximum absolute atomic E-state index is 13.0. The number of sulfonamides is 1. The van der Waals surface area contributed by atoms with Gasteiger partial charge in [-0.3, -0.25) is 9.71 Å². The van der Waals surface area contributed by atoms with Gasteiger partial charge in [-0.25, -0.2) is 17.8 Å². The van der Waals surface area contributed by atoms with Crippen molar-refractivity contribution in [1.82, 2.24) is 9.97 Å². The van der Waals surface area contributed by atoms with Crippen molar-refractivity contribution >= 4 is 21.5 Å². The van der Waals surface area contributed by atoms with E-state index >= 15 is 0 Å². The summed E-state index contributed by atoms with van der Waals surface area (Å²) in [5.74, 6) is -0.625. The van der Waals surface area contributed by atoms with Crippen molar-refractivity contribution in [2.75, 3.05) is 10.5 Å². The van der Waals surface area contributed by atoms with Gasteiger partial charge in [0, 0.05) is 6.20 Å². The lowest BCUT2D eigenvalue weighted by Crippen LogP contribution is -2.14. The molecule has 0 aromatic carbocycles. The molecule has 2 aromatic rings. The second-order valence-corrected chi connectivity index (χ2v) is 5.55. The van der Waals surface area contributed by atoms with Crippen molar-refractivity contribution in [3.05, 3.63) is 42.1 Å². The lowest BCUT2D eigenvalue weighted by atomic mass is 10.2. The van der Waals surface area contributed by atoms with Gasteiger partial charge in [-0.2, -0.15) is 0 Å². The molecule has 0 atom stereocenters. The first-order valence-corrected chi connectivity index (χ1v) is 6.72. The number of nitrogen functional groups attached to an aromatic ring is 1. The van der Waals surface area contributed by atoms with Crippen LogP contribution in [0.2, 0.25) is 0 Å². The van der Waals surface area contributed by atoms with Crippen molar-refractivity contribution in [2.24, 2.45) is 0 Å². The molecule has 0 aliphatic heterocycles. The van der Waals surface area contributed by atoms with E-state index in [1.807, 2.05) is 0 Å². The van der Waals surface area contributed by atoms with Crippen molar-refractivity contribution in [1.29, 1.82) is 0 Å². The van der Waals surface area contributed by atoms with Gasteiger partial charge in [-0.1, -0.05) is 0 Å². The van der Waals surface area contributed by atoms with E-state index in [1.165, 1.54) is 12.3 Å². The fourth-order valence-electron chi connectivity index (χ4n) is 1.36. The number of pyridine rings is 2. The molecule has 0 radical (unpaired) electrons. The minimum Gasteiger partial charge on any atom is -0.397 e. The van der Waals surface area contributed by atoms with E-state index in [-0.39, 0.29) is 10.7 Å². The number of aromatic nitrogens is 2. The second kappa shape index (κ2) is 4.81. The van der Waals surface area contributed by atoms with Crippen LogP contribution in [0.5, 0.6) is 0 Å². The lowest BCUT2D eigenvalue weighted by Gasteiger charge is -2.08. The summed E-state index contributed by atoms with van der Waals surface area (Å²) < 4.78 is 39.1. The van der Waals surface area contributed by atoms with Crippen LogP contribution in [0, 0.1) is 12.7 Å². The molecule has 3 N–H and O–H groups in total. The molecule has 0 saturated heterocycles. The number of rotatable bonds is 3. The Hall–Kier alpha value is -2.22. The van der Waals surface area contributed by atoms with E-state index in [1.54, 1.807) is 6.92 Å². The minimum absolute atomic E-state index is 0.107. The van der Waals surface area contributed by atoms with Crippen LogP contribution < -0.4 is 10.5 Å². The van der Waals surface area contributed by atoms with E-state index in [4.69, 9.17) is 5.73 Å².